The highest BCUT2D eigenvalue weighted by molar-refractivity contribution is 5.95. The van der Waals surface area contributed by atoms with Gasteiger partial charge in [0.05, 0.1) is 23.0 Å². The van der Waals surface area contributed by atoms with Gasteiger partial charge in [-0.25, -0.2) is 4.68 Å². The number of nitrogens with zero attached hydrogens (tertiary/aromatic N) is 3. The van der Waals surface area contributed by atoms with Gasteiger partial charge in [-0.3, -0.25) is 4.79 Å². The number of ketones is 1. The third-order valence-electron chi connectivity index (χ3n) is 7.59. The van der Waals surface area contributed by atoms with Crippen molar-refractivity contribution >= 4 is 5.78 Å². The fraction of sp³-hybridized carbons (Fsp3) is 0.433. The summed E-state index contributed by atoms with van der Waals surface area (Å²) in [4.78, 5) is 13.4. The van der Waals surface area contributed by atoms with Gasteiger partial charge in [-0.05, 0) is 72.9 Å². The third kappa shape index (κ3) is 5.14. The molecular formula is C30H33N3O. The molecule has 4 nitrogen and oxygen atoms in total. The van der Waals surface area contributed by atoms with Crippen LogP contribution in [0.2, 0.25) is 0 Å². The summed E-state index contributed by atoms with van der Waals surface area (Å²) < 4.78 is 1.86. The average Bonchev–Trinajstić information content (AvgIpc) is 3.61. The lowest BCUT2D eigenvalue weighted by molar-refractivity contribution is 0.0946. The van der Waals surface area contributed by atoms with Gasteiger partial charge in [0.25, 0.3) is 0 Å². The Morgan fingerprint density at radius 2 is 1.71 bits per heavy atom. The summed E-state index contributed by atoms with van der Waals surface area (Å²) in [5, 5.41) is 14.0. The molecule has 0 spiro atoms. The summed E-state index contributed by atoms with van der Waals surface area (Å²) in [5.74, 6) is 2.07. The Kier molecular flexibility index (Phi) is 6.63. The zero-order valence-corrected chi connectivity index (χ0v) is 20.0. The molecule has 2 atom stereocenters. The van der Waals surface area contributed by atoms with Crippen LogP contribution in [-0.2, 0) is 0 Å². The number of hydrogen-bond acceptors (Lipinski definition) is 3. The fourth-order valence-electron chi connectivity index (χ4n) is 5.25. The smallest absolute Gasteiger partial charge is 0.183 e. The normalized spacial score (nSPS) is 20.8. The van der Waals surface area contributed by atoms with Crippen LogP contribution in [0.15, 0.2) is 54.6 Å². The number of nitriles is 1. The molecule has 0 amide bonds. The summed E-state index contributed by atoms with van der Waals surface area (Å²) >= 11 is 0. The van der Waals surface area contributed by atoms with Crippen molar-refractivity contribution in [1.82, 2.24) is 9.78 Å². The number of hydrogen-bond donors (Lipinski definition) is 0. The Morgan fingerprint density at radius 3 is 2.41 bits per heavy atom. The van der Waals surface area contributed by atoms with E-state index in [4.69, 9.17) is 5.10 Å². The number of rotatable bonds is 6. The first-order chi connectivity index (χ1) is 16.6. The second-order valence-electron chi connectivity index (χ2n) is 10.3. The molecule has 0 N–H and O–H groups in total. The molecule has 0 bridgehead atoms. The van der Waals surface area contributed by atoms with Crippen molar-refractivity contribution in [3.05, 3.63) is 71.4 Å². The van der Waals surface area contributed by atoms with Gasteiger partial charge < -0.3 is 0 Å². The van der Waals surface area contributed by atoms with Crippen molar-refractivity contribution in [2.24, 2.45) is 11.8 Å². The molecular weight excluding hydrogens is 418 g/mol. The standard InChI is InChI=1S/C30H33N3O/c1-21-4-2-3-5-22(7-6-21)18-30(34)28-19-29(26-14-12-25(13-15-26)24-10-11-24)33(32-28)27-16-8-23(20-31)9-17-27/h8-9,12-17,19,21-22,24H,2-7,10-11,18H2,1H3. The van der Waals surface area contributed by atoms with E-state index in [0.29, 0.717) is 29.5 Å². The van der Waals surface area contributed by atoms with E-state index in [1.165, 1.54) is 44.1 Å². The quantitative estimate of drug-likeness (QED) is 0.365. The van der Waals surface area contributed by atoms with Gasteiger partial charge in [-0.1, -0.05) is 63.3 Å². The maximum absolute atomic E-state index is 13.4. The number of aromatic nitrogens is 2. The monoisotopic (exact) mass is 451 g/mol. The van der Waals surface area contributed by atoms with Crippen molar-refractivity contribution in [3.63, 3.8) is 0 Å². The minimum atomic E-state index is 0.140. The highest BCUT2D eigenvalue weighted by atomic mass is 16.1. The van der Waals surface area contributed by atoms with Crippen molar-refractivity contribution < 1.29 is 4.79 Å². The second kappa shape index (κ2) is 9.97. The molecule has 2 fully saturated rings. The lowest BCUT2D eigenvalue weighted by atomic mass is 9.83. The Balaban J connectivity index is 1.44. The zero-order valence-electron chi connectivity index (χ0n) is 20.0. The van der Waals surface area contributed by atoms with Crippen LogP contribution in [0.25, 0.3) is 16.9 Å². The molecule has 0 aliphatic heterocycles. The van der Waals surface area contributed by atoms with E-state index >= 15 is 0 Å². The predicted octanol–water partition coefficient (Wildman–Crippen LogP) is 7.47. The van der Waals surface area contributed by atoms with Crippen molar-refractivity contribution in [1.29, 1.82) is 5.26 Å². The minimum absolute atomic E-state index is 0.140. The summed E-state index contributed by atoms with van der Waals surface area (Å²) in [7, 11) is 0. The van der Waals surface area contributed by atoms with Crippen LogP contribution in [-0.4, -0.2) is 15.6 Å². The number of carbonyl (C=O) groups excluding carboxylic acids is 1. The van der Waals surface area contributed by atoms with E-state index in [1.807, 2.05) is 22.9 Å². The van der Waals surface area contributed by atoms with Crippen molar-refractivity contribution in [3.8, 4) is 23.0 Å². The molecule has 1 heterocycles. The molecule has 0 saturated heterocycles. The average molecular weight is 452 g/mol. The van der Waals surface area contributed by atoms with E-state index in [-0.39, 0.29) is 5.78 Å². The first kappa shape index (κ1) is 22.6. The highest BCUT2D eigenvalue weighted by Gasteiger charge is 2.24. The van der Waals surface area contributed by atoms with Crippen LogP contribution in [0.4, 0.5) is 0 Å². The van der Waals surface area contributed by atoms with Crippen LogP contribution < -0.4 is 0 Å². The van der Waals surface area contributed by atoms with E-state index in [1.54, 1.807) is 12.1 Å². The van der Waals surface area contributed by atoms with Crippen LogP contribution in [0, 0.1) is 23.2 Å². The molecule has 3 aromatic rings. The lowest BCUT2D eigenvalue weighted by Gasteiger charge is -2.22. The van der Waals surface area contributed by atoms with Crippen LogP contribution in [0.5, 0.6) is 0 Å². The molecule has 2 unspecified atom stereocenters. The molecule has 5 rings (SSSR count). The molecule has 34 heavy (non-hydrogen) atoms. The van der Waals surface area contributed by atoms with E-state index in [0.717, 1.165) is 35.7 Å². The van der Waals surface area contributed by atoms with Gasteiger partial charge in [-0.15, -0.1) is 0 Å². The zero-order chi connectivity index (χ0) is 23.5. The molecule has 2 aliphatic rings. The Bertz CT molecular complexity index is 1180. The van der Waals surface area contributed by atoms with Crippen molar-refractivity contribution in [2.45, 2.75) is 70.6 Å². The number of carbonyl (C=O) groups is 1. The Labute approximate surface area is 202 Å². The van der Waals surface area contributed by atoms with Gasteiger partial charge in [0.15, 0.2) is 5.78 Å². The molecule has 2 saturated carbocycles. The van der Waals surface area contributed by atoms with Crippen LogP contribution in [0.3, 0.4) is 0 Å². The first-order valence-corrected chi connectivity index (χ1v) is 12.8. The summed E-state index contributed by atoms with van der Waals surface area (Å²) in [6, 6.07) is 20.2. The molecule has 174 valence electrons. The Hall–Kier alpha value is -3.19. The molecule has 0 radical (unpaired) electrons. The Morgan fingerprint density at radius 1 is 0.971 bits per heavy atom. The predicted molar refractivity (Wildman–Crippen MR) is 135 cm³/mol. The number of benzene rings is 2. The second-order valence-corrected chi connectivity index (χ2v) is 10.3. The largest absolute Gasteiger partial charge is 0.292 e. The van der Waals surface area contributed by atoms with Crippen LogP contribution >= 0.6 is 0 Å². The summed E-state index contributed by atoms with van der Waals surface area (Å²) in [6.45, 7) is 2.34. The molecule has 2 aliphatic carbocycles. The van der Waals surface area contributed by atoms with Gasteiger partial charge in [0.2, 0.25) is 0 Å². The van der Waals surface area contributed by atoms with E-state index < -0.39 is 0 Å². The molecule has 1 aromatic heterocycles. The SMILES string of the molecule is CC1CCCCC(CC(=O)c2cc(-c3ccc(C4CC4)cc3)n(-c3ccc(C#N)cc3)n2)CC1. The lowest BCUT2D eigenvalue weighted by Crippen LogP contribution is -2.13. The highest BCUT2D eigenvalue weighted by Crippen LogP contribution is 2.40. The first-order valence-electron chi connectivity index (χ1n) is 12.8. The third-order valence-corrected chi connectivity index (χ3v) is 7.59. The maximum Gasteiger partial charge on any atom is 0.183 e. The van der Waals surface area contributed by atoms with E-state index in [2.05, 4.69) is 37.3 Å². The summed E-state index contributed by atoms with van der Waals surface area (Å²) in [5.41, 5.74) is 5.38. The van der Waals surface area contributed by atoms with Crippen LogP contribution in [0.1, 0.15) is 92.2 Å². The topological polar surface area (TPSA) is 58.7 Å². The maximum atomic E-state index is 13.4. The van der Waals surface area contributed by atoms with Gasteiger partial charge in [0, 0.05) is 12.0 Å². The van der Waals surface area contributed by atoms with E-state index in [9.17, 15) is 10.1 Å². The van der Waals surface area contributed by atoms with Crippen molar-refractivity contribution in [2.75, 3.05) is 0 Å². The van der Waals surface area contributed by atoms with Gasteiger partial charge in [-0.2, -0.15) is 10.4 Å². The minimum Gasteiger partial charge on any atom is -0.292 e. The molecule has 2 aromatic carbocycles. The van der Waals surface area contributed by atoms with Gasteiger partial charge >= 0.3 is 0 Å². The summed E-state index contributed by atoms with van der Waals surface area (Å²) in [6.07, 6.45) is 10.5. The molecule has 4 heteroatoms. The van der Waals surface area contributed by atoms with Gasteiger partial charge in [0.1, 0.15) is 5.69 Å². The number of Topliss-reactive ketones (excluding diaryl/α,β-unsaturated/α-hetero) is 1. The fourth-order valence-corrected chi connectivity index (χ4v) is 5.25.